The molecule has 0 saturated heterocycles. The molecule has 0 aliphatic carbocycles. The summed E-state index contributed by atoms with van der Waals surface area (Å²) < 4.78 is 7.80. The Kier molecular flexibility index (Phi) is 9.00. The van der Waals surface area contributed by atoms with Gasteiger partial charge < -0.3 is 14.6 Å². The van der Waals surface area contributed by atoms with Crippen molar-refractivity contribution in [3.05, 3.63) is 60.1 Å². The van der Waals surface area contributed by atoms with Crippen LogP contribution in [0.3, 0.4) is 0 Å². The van der Waals surface area contributed by atoms with E-state index in [1.165, 1.54) is 17.5 Å². The van der Waals surface area contributed by atoms with Crippen molar-refractivity contribution in [2.24, 2.45) is 5.92 Å². The molecule has 2 amide bonds. The van der Waals surface area contributed by atoms with Gasteiger partial charge in [-0.2, -0.15) is 0 Å². The summed E-state index contributed by atoms with van der Waals surface area (Å²) in [5.41, 5.74) is 0. The summed E-state index contributed by atoms with van der Waals surface area (Å²) >= 11 is 1.22. The van der Waals surface area contributed by atoms with Gasteiger partial charge in [0.05, 0.1) is 12.5 Å². The first-order valence-corrected chi connectivity index (χ1v) is 12.0. The van der Waals surface area contributed by atoms with Crippen molar-refractivity contribution in [2.75, 3.05) is 18.0 Å². The van der Waals surface area contributed by atoms with Crippen molar-refractivity contribution in [3.63, 3.8) is 0 Å². The predicted octanol–water partition coefficient (Wildman–Crippen LogP) is 4.01. The SMILES string of the molecule is CC(C)CCN(C(=O)C(C)Oc1ccccc1)c1ncc(C(=O)NCCCn2ccnc2)s1. The zero-order valence-electron chi connectivity index (χ0n) is 19.3. The first-order chi connectivity index (χ1) is 15.9. The average molecular weight is 470 g/mol. The Labute approximate surface area is 198 Å². The number of amides is 2. The number of nitrogens with one attached hydrogen (secondary N) is 1. The summed E-state index contributed by atoms with van der Waals surface area (Å²) in [7, 11) is 0. The zero-order chi connectivity index (χ0) is 23.6. The highest BCUT2D eigenvalue weighted by atomic mass is 32.1. The lowest BCUT2D eigenvalue weighted by molar-refractivity contribution is -0.124. The van der Waals surface area contributed by atoms with Crippen molar-refractivity contribution in [1.29, 1.82) is 0 Å². The molecule has 0 bridgehead atoms. The van der Waals surface area contributed by atoms with Gasteiger partial charge in [-0.1, -0.05) is 43.4 Å². The van der Waals surface area contributed by atoms with Gasteiger partial charge in [0.2, 0.25) is 0 Å². The highest BCUT2D eigenvalue weighted by Crippen LogP contribution is 2.25. The van der Waals surface area contributed by atoms with Crippen LogP contribution < -0.4 is 15.0 Å². The molecule has 0 radical (unpaired) electrons. The van der Waals surface area contributed by atoms with E-state index in [9.17, 15) is 9.59 Å². The second-order valence-electron chi connectivity index (χ2n) is 8.16. The lowest BCUT2D eigenvalue weighted by Crippen LogP contribution is -2.41. The van der Waals surface area contributed by atoms with E-state index >= 15 is 0 Å². The van der Waals surface area contributed by atoms with Crippen LogP contribution in [-0.4, -0.2) is 45.5 Å². The number of thiazole rings is 1. The molecule has 3 aromatic rings. The normalized spacial score (nSPS) is 11.9. The van der Waals surface area contributed by atoms with Crippen molar-refractivity contribution >= 4 is 28.3 Å². The summed E-state index contributed by atoms with van der Waals surface area (Å²) in [4.78, 5) is 36.3. The largest absolute Gasteiger partial charge is 0.481 e. The lowest BCUT2D eigenvalue weighted by atomic mass is 10.1. The Hall–Kier alpha value is -3.20. The van der Waals surface area contributed by atoms with Crippen molar-refractivity contribution in [2.45, 2.75) is 46.3 Å². The minimum absolute atomic E-state index is 0.179. The predicted molar refractivity (Wildman–Crippen MR) is 130 cm³/mol. The summed E-state index contributed by atoms with van der Waals surface area (Å²) in [5.74, 6) is 0.691. The Morgan fingerprint density at radius 1 is 1.21 bits per heavy atom. The molecule has 0 saturated carbocycles. The van der Waals surface area contributed by atoms with E-state index in [1.807, 2.05) is 41.1 Å². The summed E-state index contributed by atoms with van der Waals surface area (Å²) in [6, 6.07) is 9.27. The third kappa shape index (κ3) is 7.42. The molecule has 9 heteroatoms. The topological polar surface area (TPSA) is 89.4 Å². The Morgan fingerprint density at radius 2 is 2.00 bits per heavy atom. The smallest absolute Gasteiger partial charge is 0.269 e. The van der Waals surface area contributed by atoms with Crippen LogP contribution in [0.1, 0.15) is 43.3 Å². The lowest BCUT2D eigenvalue weighted by Gasteiger charge is -2.24. The fourth-order valence-corrected chi connectivity index (χ4v) is 3.99. The van der Waals surface area contributed by atoms with E-state index in [1.54, 1.807) is 24.3 Å². The van der Waals surface area contributed by atoms with Gasteiger partial charge in [-0.3, -0.25) is 14.5 Å². The quantitative estimate of drug-likeness (QED) is 0.405. The van der Waals surface area contributed by atoms with Gasteiger partial charge in [0.1, 0.15) is 10.6 Å². The molecule has 0 spiro atoms. The molecule has 0 aliphatic rings. The molecule has 3 rings (SSSR count). The number of hydrogen-bond acceptors (Lipinski definition) is 6. The molecule has 1 aromatic carbocycles. The van der Waals surface area contributed by atoms with E-state index in [0.717, 1.165) is 19.4 Å². The molecule has 176 valence electrons. The van der Waals surface area contributed by atoms with Crippen LogP contribution in [0.4, 0.5) is 5.13 Å². The molecule has 33 heavy (non-hydrogen) atoms. The summed E-state index contributed by atoms with van der Waals surface area (Å²) in [6.45, 7) is 7.79. The number of aromatic nitrogens is 3. The third-order valence-corrected chi connectivity index (χ3v) is 6.01. The highest BCUT2D eigenvalue weighted by Gasteiger charge is 2.26. The van der Waals surface area contributed by atoms with Gasteiger partial charge in [0.15, 0.2) is 11.2 Å². The number of aryl methyl sites for hydroxylation is 1. The maximum Gasteiger partial charge on any atom is 0.269 e. The van der Waals surface area contributed by atoms with Crippen LogP contribution in [0.25, 0.3) is 0 Å². The molecular formula is C24H31N5O3S. The summed E-state index contributed by atoms with van der Waals surface area (Å²) in [6.07, 6.45) is 7.84. The van der Waals surface area contributed by atoms with E-state index in [4.69, 9.17) is 4.74 Å². The number of rotatable bonds is 12. The number of benzene rings is 1. The molecule has 1 atom stereocenters. The number of hydrogen-bond donors (Lipinski definition) is 1. The molecule has 0 aliphatic heterocycles. The fourth-order valence-electron chi connectivity index (χ4n) is 3.12. The van der Waals surface area contributed by atoms with Gasteiger partial charge in [-0.15, -0.1) is 0 Å². The van der Waals surface area contributed by atoms with E-state index in [-0.39, 0.29) is 11.8 Å². The van der Waals surface area contributed by atoms with Crippen LogP contribution in [0.5, 0.6) is 5.75 Å². The van der Waals surface area contributed by atoms with Crippen LogP contribution >= 0.6 is 11.3 Å². The zero-order valence-corrected chi connectivity index (χ0v) is 20.1. The van der Waals surface area contributed by atoms with Crippen LogP contribution in [0.15, 0.2) is 55.2 Å². The Morgan fingerprint density at radius 3 is 2.70 bits per heavy atom. The molecule has 2 heterocycles. The van der Waals surface area contributed by atoms with E-state index < -0.39 is 6.10 Å². The van der Waals surface area contributed by atoms with Gasteiger partial charge in [-0.25, -0.2) is 9.97 Å². The average Bonchev–Trinajstić information content (AvgIpc) is 3.50. The molecule has 2 aromatic heterocycles. The maximum atomic E-state index is 13.2. The highest BCUT2D eigenvalue weighted by molar-refractivity contribution is 7.17. The monoisotopic (exact) mass is 469 g/mol. The molecule has 8 nitrogen and oxygen atoms in total. The van der Waals surface area contributed by atoms with E-state index in [2.05, 4.69) is 29.1 Å². The minimum atomic E-state index is -0.677. The number of imidazole rings is 1. The summed E-state index contributed by atoms with van der Waals surface area (Å²) in [5, 5.41) is 3.43. The second-order valence-corrected chi connectivity index (χ2v) is 9.17. The van der Waals surface area contributed by atoms with Gasteiger partial charge in [0.25, 0.3) is 11.8 Å². The minimum Gasteiger partial charge on any atom is -0.481 e. The van der Waals surface area contributed by atoms with Crippen LogP contribution in [0, 0.1) is 5.92 Å². The van der Waals surface area contributed by atoms with Crippen molar-refractivity contribution < 1.29 is 14.3 Å². The van der Waals surface area contributed by atoms with Crippen LogP contribution in [-0.2, 0) is 11.3 Å². The van der Waals surface area contributed by atoms with Crippen molar-refractivity contribution in [1.82, 2.24) is 19.9 Å². The maximum absolute atomic E-state index is 13.2. The molecular weight excluding hydrogens is 438 g/mol. The second kappa shape index (κ2) is 12.2. The number of carbonyl (C=O) groups excluding carboxylic acids is 2. The number of anilines is 1. The van der Waals surface area contributed by atoms with Crippen LogP contribution in [0.2, 0.25) is 0 Å². The molecule has 0 fully saturated rings. The Balaban J connectivity index is 1.61. The number of carbonyl (C=O) groups is 2. The first kappa shape index (κ1) is 24.4. The van der Waals surface area contributed by atoms with Gasteiger partial charge >= 0.3 is 0 Å². The third-order valence-electron chi connectivity index (χ3n) is 4.99. The van der Waals surface area contributed by atoms with Crippen molar-refractivity contribution in [3.8, 4) is 5.75 Å². The number of ether oxygens (including phenoxy) is 1. The van der Waals surface area contributed by atoms with Gasteiger partial charge in [-0.05, 0) is 37.8 Å². The number of para-hydroxylation sites is 1. The fraction of sp³-hybridized carbons (Fsp3) is 0.417. The molecule has 1 N–H and O–H groups in total. The van der Waals surface area contributed by atoms with Gasteiger partial charge in [0, 0.05) is 32.0 Å². The first-order valence-electron chi connectivity index (χ1n) is 11.2. The number of nitrogens with zero attached hydrogens (tertiary/aromatic N) is 4. The van der Waals surface area contributed by atoms with E-state index in [0.29, 0.717) is 34.8 Å². The standard InChI is InChI=1S/C24H31N5O3S/c1-18(2)10-14-29(23(31)19(3)32-20-8-5-4-6-9-20)24-27-16-21(33-24)22(30)26-11-7-13-28-15-12-25-17-28/h4-6,8-9,12,15-19H,7,10-11,13-14H2,1-3H3,(H,26,30). The Bertz CT molecular complexity index is 1000. The molecule has 1 unspecified atom stereocenters.